The summed E-state index contributed by atoms with van der Waals surface area (Å²) in [5.41, 5.74) is 0.843. The van der Waals surface area contributed by atoms with E-state index in [1.807, 2.05) is 12.1 Å². The summed E-state index contributed by atoms with van der Waals surface area (Å²) >= 11 is 7.17. The minimum Gasteiger partial charge on any atom is -0.265 e. The average Bonchev–Trinajstić information content (AvgIpc) is 2.84. The van der Waals surface area contributed by atoms with Gasteiger partial charge in [0.1, 0.15) is 0 Å². The number of pyridine rings is 1. The average molecular weight is 343 g/mol. The minimum absolute atomic E-state index is 0.113. The summed E-state index contributed by atoms with van der Waals surface area (Å²) in [6.07, 6.45) is 3.37. The Kier molecular flexibility index (Phi) is 3.60. The van der Waals surface area contributed by atoms with E-state index in [0.29, 0.717) is 6.54 Å². The summed E-state index contributed by atoms with van der Waals surface area (Å²) in [5.74, 6) is 0. The van der Waals surface area contributed by atoms with Crippen LogP contribution >= 0.6 is 22.9 Å². The summed E-state index contributed by atoms with van der Waals surface area (Å²) in [5, 5.41) is 1.99. The standard InChI is InChI=1S/C14H15ClN2O2S2/c1-14(2)9-17(12(14)10-3-6-16-7-4-10)21(18,19)13-11(15)5-8-20-13/h3-8,12H,9H2,1-2H3. The van der Waals surface area contributed by atoms with Crippen molar-refractivity contribution in [2.24, 2.45) is 5.41 Å². The Morgan fingerprint density at radius 2 is 2.00 bits per heavy atom. The lowest BCUT2D eigenvalue weighted by Gasteiger charge is -2.53. The molecule has 2 aromatic rings. The van der Waals surface area contributed by atoms with Crippen molar-refractivity contribution in [3.05, 3.63) is 46.6 Å². The van der Waals surface area contributed by atoms with Crippen molar-refractivity contribution in [2.45, 2.75) is 24.1 Å². The van der Waals surface area contributed by atoms with Crippen LogP contribution in [0.5, 0.6) is 0 Å². The first kappa shape index (κ1) is 15.0. The quantitative estimate of drug-likeness (QED) is 0.856. The number of hydrogen-bond acceptors (Lipinski definition) is 4. The molecule has 3 heterocycles. The maximum atomic E-state index is 12.8. The fourth-order valence-electron chi connectivity index (χ4n) is 2.81. The van der Waals surface area contributed by atoms with Crippen molar-refractivity contribution in [3.8, 4) is 0 Å². The van der Waals surface area contributed by atoms with E-state index in [0.717, 1.165) is 16.9 Å². The molecule has 7 heteroatoms. The van der Waals surface area contributed by atoms with E-state index in [9.17, 15) is 8.42 Å². The van der Waals surface area contributed by atoms with Gasteiger partial charge in [0.25, 0.3) is 10.0 Å². The number of nitrogens with zero attached hydrogens (tertiary/aromatic N) is 2. The van der Waals surface area contributed by atoms with Gasteiger partial charge in [0, 0.05) is 18.9 Å². The van der Waals surface area contributed by atoms with Gasteiger partial charge in [-0.2, -0.15) is 4.31 Å². The summed E-state index contributed by atoms with van der Waals surface area (Å²) < 4.78 is 27.4. The van der Waals surface area contributed by atoms with Crippen LogP contribution in [-0.4, -0.2) is 24.3 Å². The van der Waals surface area contributed by atoms with Gasteiger partial charge in [0.2, 0.25) is 0 Å². The molecule has 1 atom stereocenters. The van der Waals surface area contributed by atoms with E-state index in [4.69, 9.17) is 11.6 Å². The Labute approximate surface area is 133 Å². The molecule has 1 aliphatic heterocycles. The topological polar surface area (TPSA) is 50.3 Å². The molecule has 0 aliphatic carbocycles. The monoisotopic (exact) mass is 342 g/mol. The second kappa shape index (κ2) is 5.05. The molecule has 0 N–H and O–H groups in total. The Bertz CT molecular complexity index is 756. The summed E-state index contributed by atoms with van der Waals surface area (Å²) in [7, 11) is -3.56. The third kappa shape index (κ3) is 2.40. The van der Waals surface area contributed by atoms with Crippen LogP contribution < -0.4 is 0 Å². The lowest BCUT2D eigenvalue weighted by molar-refractivity contribution is 0.0199. The third-order valence-electron chi connectivity index (χ3n) is 3.74. The zero-order chi connectivity index (χ0) is 15.3. The minimum atomic E-state index is -3.56. The number of rotatable bonds is 3. The van der Waals surface area contributed by atoms with E-state index in [1.54, 1.807) is 23.8 Å². The molecule has 3 rings (SSSR count). The van der Waals surface area contributed by atoms with E-state index < -0.39 is 10.0 Å². The van der Waals surface area contributed by atoms with Gasteiger partial charge in [0.05, 0.1) is 11.1 Å². The highest BCUT2D eigenvalue weighted by Crippen LogP contribution is 2.51. The van der Waals surface area contributed by atoms with E-state index in [-0.39, 0.29) is 20.7 Å². The van der Waals surface area contributed by atoms with Gasteiger partial charge in [-0.25, -0.2) is 8.42 Å². The molecule has 1 aliphatic rings. The molecule has 2 aromatic heterocycles. The molecular weight excluding hydrogens is 328 g/mol. The Hall–Kier alpha value is -0.950. The number of sulfonamides is 1. The first-order valence-corrected chi connectivity index (χ1v) is 9.18. The summed E-state index contributed by atoms with van der Waals surface area (Å²) in [6.45, 7) is 4.62. The maximum absolute atomic E-state index is 12.8. The molecule has 0 radical (unpaired) electrons. The fourth-order valence-corrected chi connectivity index (χ4v) is 6.54. The predicted octanol–water partition coefficient (Wildman–Crippen LogP) is 3.57. The Morgan fingerprint density at radius 1 is 1.33 bits per heavy atom. The molecule has 1 fully saturated rings. The number of halogens is 1. The zero-order valence-corrected chi connectivity index (χ0v) is 14.0. The molecule has 0 bridgehead atoms. The van der Waals surface area contributed by atoms with Crippen molar-refractivity contribution < 1.29 is 8.42 Å². The van der Waals surface area contributed by atoms with Crippen molar-refractivity contribution in [1.29, 1.82) is 0 Å². The third-order valence-corrected chi connectivity index (χ3v) is 7.55. The van der Waals surface area contributed by atoms with Crippen LogP contribution in [0.15, 0.2) is 40.2 Å². The van der Waals surface area contributed by atoms with Gasteiger partial charge >= 0.3 is 0 Å². The second-order valence-electron chi connectivity index (χ2n) is 5.78. The first-order chi connectivity index (χ1) is 9.84. The van der Waals surface area contributed by atoms with Gasteiger partial charge in [-0.05, 0) is 34.6 Å². The smallest absolute Gasteiger partial charge is 0.254 e. The van der Waals surface area contributed by atoms with Crippen molar-refractivity contribution in [1.82, 2.24) is 9.29 Å². The van der Waals surface area contributed by atoms with Crippen LogP contribution in [0.2, 0.25) is 5.02 Å². The van der Waals surface area contributed by atoms with Crippen LogP contribution in [-0.2, 0) is 10.0 Å². The molecule has 0 saturated carbocycles. The molecular formula is C14H15ClN2O2S2. The number of hydrogen-bond donors (Lipinski definition) is 0. The lowest BCUT2D eigenvalue weighted by Crippen LogP contribution is -2.57. The van der Waals surface area contributed by atoms with Gasteiger partial charge in [0.15, 0.2) is 4.21 Å². The van der Waals surface area contributed by atoms with E-state index >= 15 is 0 Å². The molecule has 112 valence electrons. The highest BCUT2D eigenvalue weighted by Gasteiger charge is 2.52. The van der Waals surface area contributed by atoms with Crippen molar-refractivity contribution >= 4 is 33.0 Å². The number of aromatic nitrogens is 1. The zero-order valence-electron chi connectivity index (χ0n) is 11.7. The maximum Gasteiger partial charge on any atom is 0.254 e. The van der Waals surface area contributed by atoms with E-state index in [2.05, 4.69) is 18.8 Å². The summed E-state index contributed by atoms with van der Waals surface area (Å²) in [6, 6.07) is 5.16. The molecule has 21 heavy (non-hydrogen) atoms. The Balaban J connectivity index is 2.02. The fraction of sp³-hybridized carbons (Fsp3) is 0.357. The summed E-state index contributed by atoms with van der Waals surface area (Å²) in [4.78, 5) is 4.00. The van der Waals surface area contributed by atoms with Gasteiger partial charge in [-0.15, -0.1) is 11.3 Å². The Morgan fingerprint density at radius 3 is 2.52 bits per heavy atom. The molecule has 1 saturated heterocycles. The van der Waals surface area contributed by atoms with Crippen LogP contribution in [0.25, 0.3) is 0 Å². The van der Waals surface area contributed by atoms with Gasteiger partial charge in [-0.3, -0.25) is 4.98 Å². The normalized spacial score (nSPS) is 22.0. The van der Waals surface area contributed by atoms with Crippen LogP contribution in [0, 0.1) is 5.41 Å². The molecule has 0 spiro atoms. The first-order valence-electron chi connectivity index (χ1n) is 6.49. The van der Waals surface area contributed by atoms with Crippen LogP contribution in [0.1, 0.15) is 25.5 Å². The lowest BCUT2D eigenvalue weighted by atomic mass is 9.74. The van der Waals surface area contributed by atoms with Crippen molar-refractivity contribution in [2.75, 3.05) is 6.54 Å². The number of thiophene rings is 1. The SMILES string of the molecule is CC1(C)CN(S(=O)(=O)c2sccc2Cl)C1c1ccncc1. The van der Waals surface area contributed by atoms with E-state index in [1.165, 1.54) is 4.31 Å². The molecule has 0 aromatic carbocycles. The molecule has 0 amide bonds. The van der Waals surface area contributed by atoms with Gasteiger partial charge in [-0.1, -0.05) is 25.4 Å². The van der Waals surface area contributed by atoms with Gasteiger partial charge < -0.3 is 0 Å². The highest BCUT2D eigenvalue weighted by molar-refractivity contribution is 7.91. The molecule has 1 unspecified atom stereocenters. The largest absolute Gasteiger partial charge is 0.265 e. The van der Waals surface area contributed by atoms with Crippen LogP contribution in [0.4, 0.5) is 0 Å². The predicted molar refractivity (Wildman–Crippen MR) is 84.0 cm³/mol. The molecule has 4 nitrogen and oxygen atoms in total. The van der Waals surface area contributed by atoms with Crippen molar-refractivity contribution in [3.63, 3.8) is 0 Å². The second-order valence-corrected chi connectivity index (χ2v) is 9.19. The van der Waals surface area contributed by atoms with Crippen LogP contribution in [0.3, 0.4) is 0 Å². The highest BCUT2D eigenvalue weighted by atomic mass is 35.5.